The maximum Gasteiger partial charge on any atom is 0.307 e. The standard InChI is InChI=1S/C20H23NO5S/c1-14-4-7-16(8-5-14)27-11-10-20(23)26-13-19(22)21-15-6-9-17(24-2)18(12-15)25-3/h4-9,12H,10-11,13H2,1-3H3,(H,21,22). The van der Waals surface area contributed by atoms with E-state index >= 15 is 0 Å². The van der Waals surface area contributed by atoms with E-state index in [4.69, 9.17) is 14.2 Å². The van der Waals surface area contributed by atoms with Gasteiger partial charge in [0.25, 0.3) is 5.91 Å². The Morgan fingerprint density at radius 2 is 1.70 bits per heavy atom. The number of benzene rings is 2. The smallest absolute Gasteiger partial charge is 0.307 e. The van der Waals surface area contributed by atoms with Crippen molar-refractivity contribution in [1.29, 1.82) is 0 Å². The Balaban J connectivity index is 1.71. The van der Waals surface area contributed by atoms with Gasteiger partial charge in [0.2, 0.25) is 0 Å². The summed E-state index contributed by atoms with van der Waals surface area (Å²) < 4.78 is 15.3. The molecule has 0 aliphatic carbocycles. The third-order valence-electron chi connectivity index (χ3n) is 3.63. The van der Waals surface area contributed by atoms with Crippen LogP contribution >= 0.6 is 11.8 Å². The van der Waals surface area contributed by atoms with Crippen molar-refractivity contribution >= 4 is 29.3 Å². The van der Waals surface area contributed by atoms with E-state index in [2.05, 4.69) is 5.32 Å². The summed E-state index contributed by atoms with van der Waals surface area (Å²) in [5, 5.41) is 2.65. The van der Waals surface area contributed by atoms with Crippen molar-refractivity contribution in [1.82, 2.24) is 0 Å². The van der Waals surface area contributed by atoms with E-state index in [9.17, 15) is 9.59 Å². The lowest BCUT2D eigenvalue weighted by Crippen LogP contribution is -2.21. The number of ether oxygens (including phenoxy) is 3. The molecule has 0 aliphatic rings. The van der Waals surface area contributed by atoms with Crippen molar-refractivity contribution < 1.29 is 23.8 Å². The van der Waals surface area contributed by atoms with E-state index in [1.54, 1.807) is 30.0 Å². The lowest BCUT2D eigenvalue weighted by Gasteiger charge is -2.10. The number of thioether (sulfide) groups is 1. The summed E-state index contributed by atoms with van der Waals surface area (Å²) in [5.41, 5.74) is 1.72. The second-order valence-corrected chi connectivity index (χ2v) is 6.86. The minimum atomic E-state index is -0.415. The maximum atomic E-state index is 11.9. The number of aryl methyl sites for hydroxylation is 1. The third kappa shape index (κ3) is 6.86. The number of esters is 1. The fraction of sp³-hybridized carbons (Fsp3) is 0.300. The van der Waals surface area contributed by atoms with Crippen LogP contribution < -0.4 is 14.8 Å². The molecule has 0 radical (unpaired) electrons. The minimum absolute atomic E-state index is 0.238. The molecular formula is C20H23NO5S. The molecule has 0 spiro atoms. The summed E-state index contributed by atoms with van der Waals surface area (Å²) >= 11 is 1.57. The maximum absolute atomic E-state index is 11.9. The third-order valence-corrected chi connectivity index (χ3v) is 4.64. The SMILES string of the molecule is COc1ccc(NC(=O)COC(=O)CCSc2ccc(C)cc2)cc1OC. The van der Waals surface area contributed by atoms with Crippen LogP contribution in [0.1, 0.15) is 12.0 Å². The number of hydrogen-bond donors (Lipinski definition) is 1. The van der Waals surface area contributed by atoms with Gasteiger partial charge >= 0.3 is 5.97 Å². The summed E-state index contributed by atoms with van der Waals surface area (Å²) in [6.45, 7) is 1.70. The van der Waals surface area contributed by atoms with Gasteiger partial charge < -0.3 is 19.5 Å². The Morgan fingerprint density at radius 1 is 1.00 bits per heavy atom. The van der Waals surface area contributed by atoms with Crippen molar-refractivity contribution in [2.75, 3.05) is 31.9 Å². The molecule has 6 nitrogen and oxygen atoms in total. The first-order valence-corrected chi connectivity index (χ1v) is 9.37. The molecule has 27 heavy (non-hydrogen) atoms. The normalized spacial score (nSPS) is 10.2. The van der Waals surface area contributed by atoms with Crippen molar-refractivity contribution in [3.8, 4) is 11.5 Å². The van der Waals surface area contributed by atoms with Gasteiger partial charge in [-0.25, -0.2) is 0 Å². The average Bonchev–Trinajstić information content (AvgIpc) is 2.67. The summed E-state index contributed by atoms with van der Waals surface area (Å²) in [4.78, 5) is 24.8. The lowest BCUT2D eigenvalue weighted by atomic mass is 10.2. The summed E-state index contributed by atoms with van der Waals surface area (Å²) in [6, 6.07) is 13.1. The molecule has 0 atom stereocenters. The molecule has 0 unspecified atom stereocenters. The Kier molecular flexibility index (Phi) is 8.00. The van der Waals surface area contributed by atoms with Gasteiger partial charge in [0.05, 0.1) is 20.6 Å². The Morgan fingerprint density at radius 3 is 2.37 bits per heavy atom. The number of nitrogens with one attached hydrogen (secondary N) is 1. The molecule has 0 fully saturated rings. The van der Waals surface area contributed by atoms with Crippen LogP contribution in [0.2, 0.25) is 0 Å². The fourth-order valence-electron chi connectivity index (χ4n) is 2.22. The van der Waals surface area contributed by atoms with Gasteiger partial charge in [-0.05, 0) is 31.2 Å². The highest BCUT2D eigenvalue weighted by atomic mass is 32.2. The van der Waals surface area contributed by atoms with Gasteiger partial charge in [0.15, 0.2) is 18.1 Å². The average molecular weight is 389 g/mol. The number of carbonyl (C=O) groups is 2. The molecule has 0 bridgehead atoms. The first-order valence-electron chi connectivity index (χ1n) is 8.39. The molecule has 2 rings (SSSR count). The molecule has 0 saturated heterocycles. The molecule has 2 aromatic rings. The second-order valence-electron chi connectivity index (χ2n) is 5.69. The van der Waals surface area contributed by atoms with Crippen LogP contribution in [-0.4, -0.2) is 38.5 Å². The number of amides is 1. The zero-order valence-electron chi connectivity index (χ0n) is 15.6. The summed E-state index contributed by atoms with van der Waals surface area (Å²) in [5.74, 6) is 0.839. The van der Waals surface area contributed by atoms with Crippen LogP contribution in [0.4, 0.5) is 5.69 Å². The highest BCUT2D eigenvalue weighted by Gasteiger charge is 2.10. The predicted molar refractivity (Wildman–Crippen MR) is 106 cm³/mol. The molecular weight excluding hydrogens is 366 g/mol. The minimum Gasteiger partial charge on any atom is -0.493 e. The van der Waals surface area contributed by atoms with E-state index in [1.807, 2.05) is 31.2 Å². The highest BCUT2D eigenvalue weighted by Crippen LogP contribution is 2.29. The van der Waals surface area contributed by atoms with E-state index < -0.39 is 11.9 Å². The van der Waals surface area contributed by atoms with Crippen LogP contribution in [0.5, 0.6) is 11.5 Å². The van der Waals surface area contributed by atoms with E-state index in [0.29, 0.717) is 22.9 Å². The molecule has 144 valence electrons. The number of hydrogen-bond acceptors (Lipinski definition) is 6. The molecule has 1 amide bonds. The quantitative estimate of drug-likeness (QED) is 0.521. The van der Waals surface area contributed by atoms with Crippen LogP contribution in [0.3, 0.4) is 0 Å². The molecule has 0 saturated carbocycles. The molecule has 0 heterocycles. The number of rotatable bonds is 9. The topological polar surface area (TPSA) is 73.9 Å². The monoisotopic (exact) mass is 389 g/mol. The lowest BCUT2D eigenvalue weighted by molar-refractivity contribution is -0.146. The molecule has 0 aliphatic heterocycles. The van der Waals surface area contributed by atoms with Crippen molar-refractivity contribution in [3.63, 3.8) is 0 Å². The first-order chi connectivity index (χ1) is 13.0. The van der Waals surface area contributed by atoms with Crippen molar-refractivity contribution in [3.05, 3.63) is 48.0 Å². The zero-order chi connectivity index (χ0) is 19.6. The molecule has 1 N–H and O–H groups in total. The van der Waals surface area contributed by atoms with Gasteiger partial charge in [0.1, 0.15) is 0 Å². The van der Waals surface area contributed by atoms with Crippen LogP contribution in [0.25, 0.3) is 0 Å². The van der Waals surface area contributed by atoms with E-state index in [-0.39, 0.29) is 13.0 Å². The van der Waals surface area contributed by atoms with Crippen molar-refractivity contribution in [2.24, 2.45) is 0 Å². The van der Waals surface area contributed by atoms with Crippen LogP contribution in [0, 0.1) is 6.92 Å². The molecule has 0 aromatic heterocycles. The van der Waals surface area contributed by atoms with E-state index in [1.165, 1.54) is 19.8 Å². The van der Waals surface area contributed by atoms with Crippen LogP contribution in [0.15, 0.2) is 47.4 Å². The predicted octanol–water partition coefficient (Wildman–Crippen LogP) is 3.68. The van der Waals surface area contributed by atoms with Crippen molar-refractivity contribution in [2.45, 2.75) is 18.2 Å². The largest absolute Gasteiger partial charge is 0.493 e. The molecule has 7 heteroatoms. The van der Waals surface area contributed by atoms with Crippen LogP contribution in [-0.2, 0) is 14.3 Å². The summed E-state index contributed by atoms with van der Waals surface area (Å²) in [6.07, 6.45) is 0.238. The Bertz CT molecular complexity index is 776. The number of carbonyl (C=O) groups excluding carboxylic acids is 2. The van der Waals surface area contributed by atoms with Gasteiger partial charge in [0, 0.05) is 22.4 Å². The van der Waals surface area contributed by atoms with E-state index in [0.717, 1.165) is 4.90 Å². The fourth-order valence-corrected chi connectivity index (χ4v) is 3.05. The van der Waals surface area contributed by atoms with Gasteiger partial charge in [-0.15, -0.1) is 11.8 Å². The molecule has 2 aromatic carbocycles. The zero-order valence-corrected chi connectivity index (χ0v) is 16.4. The van der Waals surface area contributed by atoms with Gasteiger partial charge in [-0.1, -0.05) is 17.7 Å². The van der Waals surface area contributed by atoms with Gasteiger partial charge in [-0.2, -0.15) is 0 Å². The Labute approximate surface area is 163 Å². The second kappa shape index (κ2) is 10.5. The number of anilines is 1. The summed E-state index contributed by atoms with van der Waals surface area (Å²) in [7, 11) is 3.05. The highest BCUT2D eigenvalue weighted by molar-refractivity contribution is 7.99. The number of methoxy groups -OCH3 is 2. The Hall–Kier alpha value is -2.67. The first kappa shape index (κ1) is 20.6. The van der Waals surface area contributed by atoms with Gasteiger partial charge in [-0.3, -0.25) is 9.59 Å².